The zero-order valence-corrected chi connectivity index (χ0v) is 11.3. The highest BCUT2D eigenvalue weighted by Crippen LogP contribution is 2.13. The van der Waals surface area contributed by atoms with E-state index in [1.54, 1.807) is 4.68 Å². The molecule has 1 aromatic heterocycles. The van der Waals surface area contributed by atoms with E-state index in [1.165, 1.54) is 0 Å². The lowest BCUT2D eigenvalue weighted by Crippen LogP contribution is -2.42. The molecule has 0 radical (unpaired) electrons. The smallest absolute Gasteiger partial charge is 0.0971 e. The molecule has 100 valence electrons. The Hall–Kier alpha value is -1.43. The van der Waals surface area contributed by atoms with E-state index in [4.69, 9.17) is 11.6 Å². The van der Waals surface area contributed by atoms with E-state index in [9.17, 15) is 0 Å². The molecular weight excluding hydrogens is 262 g/mol. The van der Waals surface area contributed by atoms with Crippen molar-refractivity contribution in [2.24, 2.45) is 0 Å². The molecule has 0 aliphatic carbocycles. The van der Waals surface area contributed by atoms with Crippen LogP contribution in [-0.2, 0) is 6.54 Å². The summed E-state index contributed by atoms with van der Waals surface area (Å²) in [6.07, 6.45) is 1.98. The molecule has 0 spiro atoms. The molecule has 0 unspecified atom stereocenters. The number of rotatable bonds is 3. The van der Waals surface area contributed by atoms with Gasteiger partial charge in [-0.25, -0.2) is 4.68 Å². The second-order valence-electron chi connectivity index (χ2n) is 4.66. The molecule has 1 aromatic carbocycles. The van der Waals surface area contributed by atoms with Crippen molar-refractivity contribution in [2.45, 2.75) is 6.54 Å². The van der Waals surface area contributed by atoms with Gasteiger partial charge in [-0.15, -0.1) is 5.10 Å². The summed E-state index contributed by atoms with van der Waals surface area (Å²) in [5, 5.41) is 12.5. The fourth-order valence-corrected chi connectivity index (χ4v) is 2.32. The Balaban J connectivity index is 1.70. The van der Waals surface area contributed by atoms with Crippen molar-refractivity contribution < 1.29 is 0 Å². The number of hydrogen-bond acceptors (Lipinski definition) is 4. The van der Waals surface area contributed by atoms with Crippen LogP contribution < -0.4 is 5.32 Å². The average molecular weight is 278 g/mol. The summed E-state index contributed by atoms with van der Waals surface area (Å²) in [7, 11) is 0. The standard InChI is InChI=1S/C13H16ClN5/c14-11-1-3-13(4-2-11)19-10-12(16-17-19)9-18-7-5-15-6-8-18/h1-4,10,15H,5-9H2. The Morgan fingerprint density at radius 2 is 1.89 bits per heavy atom. The first-order valence-corrected chi connectivity index (χ1v) is 6.79. The molecule has 1 aliphatic heterocycles. The molecule has 3 rings (SSSR count). The molecule has 5 nitrogen and oxygen atoms in total. The van der Waals surface area contributed by atoms with Crippen LogP contribution >= 0.6 is 11.6 Å². The highest BCUT2D eigenvalue weighted by Gasteiger charge is 2.12. The molecule has 1 fully saturated rings. The van der Waals surface area contributed by atoms with Crippen molar-refractivity contribution in [2.75, 3.05) is 26.2 Å². The van der Waals surface area contributed by atoms with Gasteiger partial charge in [0, 0.05) is 37.7 Å². The van der Waals surface area contributed by atoms with Gasteiger partial charge in [-0.3, -0.25) is 4.90 Å². The predicted octanol–water partition coefficient (Wildman–Crippen LogP) is 1.33. The maximum Gasteiger partial charge on any atom is 0.0971 e. The average Bonchev–Trinajstić information content (AvgIpc) is 2.89. The van der Waals surface area contributed by atoms with Crippen molar-refractivity contribution in [1.82, 2.24) is 25.2 Å². The minimum absolute atomic E-state index is 0.727. The third kappa shape index (κ3) is 3.12. The minimum Gasteiger partial charge on any atom is -0.314 e. The van der Waals surface area contributed by atoms with Crippen LogP contribution in [0.1, 0.15) is 5.69 Å². The Morgan fingerprint density at radius 1 is 1.16 bits per heavy atom. The zero-order valence-electron chi connectivity index (χ0n) is 10.6. The molecule has 1 N–H and O–H groups in total. The molecule has 0 bridgehead atoms. The van der Waals surface area contributed by atoms with Crippen LogP contribution in [0.2, 0.25) is 5.02 Å². The van der Waals surface area contributed by atoms with Gasteiger partial charge in [-0.05, 0) is 24.3 Å². The van der Waals surface area contributed by atoms with Crippen molar-refractivity contribution >= 4 is 11.6 Å². The molecule has 1 saturated heterocycles. The third-order valence-corrected chi connectivity index (χ3v) is 3.48. The minimum atomic E-state index is 0.727. The van der Waals surface area contributed by atoms with Gasteiger partial charge < -0.3 is 5.32 Å². The molecule has 0 atom stereocenters. The quantitative estimate of drug-likeness (QED) is 0.919. The number of piperazine rings is 1. The summed E-state index contributed by atoms with van der Waals surface area (Å²) in [6.45, 7) is 5.08. The molecule has 2 aromatic rings. The van der Waals surface area contributed by atoms with E-state index in [-0.39, 0.29) is 0 Å². The maximum absolute atomic E-state index is 5.88. The maximum atomic E-state index is 5.88. The number of nitrogens with zero attached hydrogens (tertiary/aromatic N) is 4. The third-order valence-electron chi connectivity index (χ3n) is 3.23. The van der Waals surface area contributed by atoms with Crippen molar-refractivity contribution in [3.63, 3.8) is 0 Å². The van der Waals surface area contributed by atoms with E-state index in [0.717, 1.165) is 49.1 Å². The Labute approximate surface area is 117 Å². The second-order valence-corrected chi connectivity index (χ2v) is 5.09. The summed E-state index contributed by atoms with van der Waals surface area (Å²) >= 11 is 5.88. The molecular formula is C13H16ClN5. The van der Waals surface area contributed by atoms with Gasteiger partial charge in [0.2, 0.25) is 0 Å². The number of nitrogens with one attached hydrogen (secondary N) is 1. The van der Waals surface area contributed by atoms with Crippen LogP contribution in [0.5, 0.6) is 0 Å². The topological polar surface area (TPSA) is 46.0 Å². The van der Waals surface area contributed by atoms with Gasteiger partial charge in [0.25, 0.3) is 0 Å². The predicted molar refractivity (Wildman–Crippen MR) is 74.5 cm³/mol. The molecule has 2 heterocycles. The van der Waals surface area contributed by atoms with E-state index < -0.39 is 0 Å². The fraction of sp³-hybridized carbons (Fsp3) is 0.385. The molecule has 6 heteroatoms. The van der Waals surface area contributed by atoms with Crippen LogP contribution in [-0.4, -0.2) is 46.1 Å². The Morgan fingerprint density at radius 3 is 2.63 bits per heavy atom. The van der Waals surface area contributed by atoms with Crippen molar-refractivity contribution in [1.29, 1.82) is 0 Å². The highest BCUT2D eigenvalue weighted by molar-refractivity contribution is 6.30. The molecule has 19 heavy (non-hydrogen) atoms. The lowest BCUT2D eigenvalue weighted by Gasteiger charge is -2.25. The van der Waals surface area contributed by atoms with E-state index in [2.05, 4.69) is 20.5 Å². The van der Waals surface area contributed by atoms with Crippen molar-refractivity contribution in [3.8, 4) is 5.69 Å². The SMILES string of the molecule is Clc1ccc(-n2cc(CN3CCNCC3)nn2)cc1. The van der Waals surface area contributed by atoms with Crippen molar-refractivity contribution in [3.05, 3.63) is 41.2 Å². The summed E-state index contributed by atoms with van der Waals surface area (Å²) < 4.78 is 1.79. The van der Waals surface area contributed by atoms with Gasteiger partial charge in [-0.1, -0.05) is 16.8 Å². The fourth-order valence-electron chi connectivity index (χ4n) is 2.19. The number of aromatic nitrogens is 3. The van der Waals surface area contributed by atoms with Gasteiger partial charge in [0.1, 0.15) is 0 Å². The van der Waals surface area contributed by atoms with Gasteiger partial charge in [-0.2, -0.15) is 0 Å². The van der Waals surface area contributed by atoms with Crippen LogP contribution in [0.3, 0.4) is 0 Å². The van der Waals surface area contributed by atoms with Crippen LogP contribution in [0.4, 0.5) is 0 Å². The molecule has 1 aliphatic rings. The number of hydrogen-bond donors (Lipinski definition) is 1. The second kappa shape index (κ2) is 5.69. The van der Waals surface area contributed by atoms with Gasteiger partial charge >= 0.3 is 0 Å². The van der Waals surface area contributed by atoms with E-state index in [0.29, 0.717) is 0 Å². The zero-order chi connectivity index (χ0) is 13.1. The van der Waals surface area contributed by atoms with Gasteiger partial charge in [0.15, 0.2) is 0 Å². The molecule has 0 saturated carbocycles. The largest absolute Gasteiger partial charge is 0.314 e. The lowest BCUT2D eigenvalue weighted by atomic mass is 10.3. The normalized spacial score (nSPS) is 16.7. The lowest BCUT2D eigenvalue weighted by molar-refractivity contribution is 0.230. The van der Waals surface area contributed by atoms with Gasteiger partial charge in [0.05, 0.1) is 17.6 Å². The first-order valence-electron chi connectivity index (χ1n) is 6.41. The van der Waals surface area contributed by atoms with E-state index >= 15 is 0 Å². The first-order chi connectivity index (χ1) is 9.31. The summed E-state index contributed by atoms with van der Waals surface area (Å²) in [5.74, 6) is 0. The van der Waals surface area contributed by atoms with Crippen LogP contribution in [0.25, 0.3) is 5.69 Å². The summed E-state index contributed by atoms with van der Waals surface area (Å²) in [5.41, 5.74) is 1.97. The number of benzene rings is 1. The van der Waals surface area contributed by atoms with Crippen LogP contribution in [0.15, 0.2) is 30.5 Å². The summed E-state index contributed by atoms with van der Waals surface area (Å²) in [6, 6.07) is 7.58. The molecule has 0 amide bonds. The Kier molecular flexibility index (Phi) is 3.77. The number of halogens is 1. The first kappa shape index (κ1) is 12.6. The van der Waals surface area contributed by atoms with Crippen LogP contribution in [0, 0.1) is 0 Å². The summed E-state index contributed by atoms with van der Waals surface area (Å²) in [4.78, 5) is 2.38. The highest BCUT2D eigenvalue weighted by atomic mass is 35.5. The monoisotopic (exact) mass is 277 g/mol. The Bertz CT molecular complexity index is 530. The van der Waals surface area contributed by atoms with E-state index in [1.807, 2.05) is 30.5 Å².